The predicted octanol–water partition coefficient (Wildman–Crippen LogP) is 1.64. The van der Waals surface area contributed by atoms with E-state index in [2.05, 4.69) is 27.7 Å². The summed E-state index contributed by atoms with van der Waals surface area (Å²) in [5, 5.41) is 5.61. The number of nitrogens with zero attached hydrogens (tertiary/aromatic N) is 2. The third kappa shape index (κ3) is 3.51. The number of aromatic nitrogens is 1. The van der Waals surface area contributed by atoms with Crippen LogP contribution in [0, 0.1) is 6.92 Å². The number of hydrogen-bond donors (Lipinski definition) is 2. The Balaban J connectivity index is 2.55. The van der Waals surface area contributed by atoms with Gasteiger partial charge in [-0.3, -0.25) is 15.2 Å². The monoisotopic (exact) mass is 302 g/mol. The lowest BCUT2D eigenvalue weighted by Crippen LogP contribution is -2.24. The largest absolute Gasteiger partial charge is 0.424 e. The van der Waals surface area contributed by atoms with Gasteiger partial charge >= 0.3 is 5.97 Å². The van der Waals surface area contributed by atoms with Crippen molar-refractivity contribution in [3.05, 3.63) is 35.7 Å². The molecule has 0 aliphatic rings. The maximum Gasteiger partial charge on any atom is 0.308 e. The molecular weight excluding hydrogens is 288 g/mol. The van der Waals surface area contributed by atoms with Crippen LogP contribution in [0.1, 0.15) is 18.2 Å². The number of pyridine rings is 1. The van der Waals surface area contributed by atoms with Crippen LogP contribution < -0.4 is 15.9 Å². The molecule has 0 radical (unpaired) electrons. The third-order valence-corrected chi connectivity index (χ3v) is 2.82. The predicted molar refractivity (Wildman–Crippen MR) is 85.3 cm³/mol. The molecule has 7 heteroatoms. The minimum atomic E-state index is -0.391. The second kappa shape index (κ2) is 6.27. The molecule has 1 heterocycles. The molecular formula is C14H14N4O2S. The first-order valence-corrected chi connectivity index (χ1v) is 6.55. The van der Waals surface area contributed by atoms with E-state index in [1.54, 1.807) is 0 Å². The van der Waals surface area contributed by atoms with Gasteiger partial charge in [-0.25, -0.2) is 0 Å². The highest BCUT2D eigenvalue weighted by molar-refractivity contribution is 7.80. The average molecular weight is 302 g/mol. The van der Waals surface area contributed by atoms with E-state index in [1.165, 1.54) is 19.3 Å². The van der Waals surface area contributed by atoms with Crippen LogP contribution in [0.5, 0.6) is 5.75 Å². The average Bonchev–Trinajstić information content (AvgIpc) is 2.40. The molecule has 1 aromatic carbocycles. The normalized spacial score (nSPS) is 10.8. The number of benzene rings is 1. The standard InChI is InChI=1S/C14H14N4O2S/c1-8-4-3-5-10-11(6-17-18-14(15)21)16-7-12(13(8)10)20-9(2)19/h3-7H,1-2H3,(H3,15,18,21)/b17-6-. The van der Waals surface area contributed by atoms with E-state index < -0.39 is 5.97 Å². The SMILES string of the molecule is CC(=O)Oc1cnc(/C=N\NC(N)=S)c2cccc(C)c12. The van der Waals surface area contributed by atoms with Crippen LogP contribution in [0.15, 0.2) is 29.5 Å². The Kier molecular flexibility index (Phi) is 4.44. The second-order valence-electron chi connectivity index (χ2n) is 4.33. The topological polar surface area (TPSA) is 89.6 Å². The molecule has 0 saturated carbocycles. The fourth-order valence-electron chi connectivity index (χ4n) is 1.96. The van der Waals surface area contributed by atoms with Crippen molar-refractivity contribution in [2.24, 2.45) is 10.8 Å². The number of hydrogen-bond acceptors (Lipinski definition) is 5. The zero-order chi connectivity index (χ0) is 15.4. The number of rotatable bonds is 3. The molecule has 0 fully saturated rings. The molecule has 2 aromatic rings. The van der Waals surface area contributed by atoms with Gasteiger partial charge in [-0.1, -0.05) is 18.2 Å². The van der Waals surface area contributed by atoms with Crippen LogP contribution in [0.4, 0.5) is 0 Å². The summed E-state index contributed by atoms with van der Waals surface area (Å²) in [7, 11) is 0. The number of hydrazone groups is 1. The molecule has 0 atom stereocenters. The second-order valence-corrected chi connectivity index (χ2v) is 4.77. The summed E-state index contributed by atoms with van der Waals surface area (Å²) in [4.78, 5) is 15.4. The van der Waals surface area contributed by atoms with Crippen molar-refractivity contribution in [3.8, 4) is 5.75 Å². The van der Waals surface area contributed by atoms with E-state index in [1.807, 2.05) is 25.1 Å². The highest BCUT2D eigenvalue weighted by Crippen LogP contribution is 2.29. The molecule has 0 unspecified atom stereocenters. The van der Waals surface area contributed by atoms with E-state index in [-0.39, 0.29) is 5.11 Å². The first-order valence-electron chi connectivity index (χ1n) is 6.14. The molecule has 21 heavy (non-hydrogen) atoms. The Labute approximate surface area is 127 Å². The molecule has 0 spiro atoms. The molecule has 0 bridgehead atoms. The quantitative estimate of drug-likeness (QED) is 0.388. The Morgan fingerprint density at radius 3 is 2.95 bits per heavy atom. The molecule has 3 N–H and O–H groups in total. The summed E-state index contributed by atoms with van der Waals surface area (Å²) < 4.78 is 5.20. The Hall–Kier alpha value is -2.54. The molecule has 0 saturated heterocycles. The van der Waals surface area contributed by atoms with Crippen molar-refractivity contribution >= 4 is 40.3 Å². The third-order valence-electron chi connectivity index (χ3n) is 2.73. The first kappa shape index (κ1) is 14.9. The summed E-state index contributed by atoms with van der Waals surface area (Å²) >= 11 is 4.67. The molecule has 0 amide bonds. The maximum atomic E-state index is 11.2. The van der Waals surface area contributed by atoms with Crippen molar-refractivity contribution in [1.29, 1.82) is 0 Å². The number of carbonyl (C=O) groups excluding carboxylic acids is 1. The van der Waals surface area contributed by atoms with Gasteiger partial charge in [0.15, 0.2) is 10.9 Å². The van der Waals surface area contributed by atoms with E-state index in [0.717, 1.165) is 16.3 Å². The van der Waals surface area contributed by atoms with Gasteiger partial charge in [0.2, 0.25) is 0 Å². The van der Waals surface area contributed by atoms with E-state index in [0.29, 0.717) is 11.4 Å². The van der Waals surface area contributed by atoms with Gasteiger partial charge in [0.05, 0.1) is 18.1 Å². The highest BCUT2D eigenvalue weighted by atomic mass is 32.1. The highest BCUT2D eigenvalue weighted by Gasteiger charge is 2.11. The van der Waals surface area contributed by atoms with Gasteiger partial charge in [-0.05, 0) is 24.7 Å². The lowest BCUT2D eigenvalue weighted by atomic mass is 10.0. The minimum Gasteiger partial charge on any atom is -0.424 e. The molecule has 1 aromatic heterocycles. The van der Waals surface area contributed by atoms with Gasteiger partial charge in [-0.15, -0.1) is 0 Å². The molecule has 2 rings (SSSR count). The summed E-state index contributed by atoms with van der Waals surface area (Å²) in [6.07, 6.45) is 3.01. The van der Waals surface area contributed by atoms with Crippen LogP contribution in [0.2, 0.25) is 0 Å². The Bertz CT molecular complexity index is 743. The lowest BCUT2D eigenvalue weighted by molar-refractivity contribution is -0.131. The van der Waals surface area contributed by atoms with Crippen molar-refractivity contribution < 1.29 is 9.53 Å². The minimum absolute atomic E-state index is 0.0725. The van der Waals surface area contributed by atoms with Gasteiger partial charge in [0, 0.05) is 17.7 Å². The van der Waals surface area contributed by atoms with Crippen molar-refractivity contribution in [3.63, 3.8) is 0 Å². The van der Waals surface area contributed by atoms with Crippen LogP contribution in [-0.4, -0.2) is 22.3 Å². The molecule has 6 nitrogen and oxygen atoms in total. The van der Waals surface area contributed by atoms with E-state index >= 15 is 0 Å². The number of thiocarbonyl (C=S) groups is 1. The fourth-order valence-corrected chi connectivity index (χ4v) is 2.02. The van der Waals surface area contributed by atoms with Crippen LogP contribution in [-0.2, 0) is 4.79 Å². The molecule has 0 aliphatic heterocycles. The number of esters is 1. The van der Waals surface area contributed by atoms with Crippen LogP contribution in [0.25, 0.3) is 10.8 Å². The zero-order valence-corrected chi connectivity index (χ0v) is 12.4. The number of nitrogens with one attached hydrogen (secondary N) is 1. The number of fused-ring (bicyclic) bond motifs is 1. The van der Waals surface area contributed by atoms with Gasteiger partial charge < -0.3 is 10.5 Å². The first-order chi connectivity index (χ1) is 9.99. The van der Waals surface area contributed by atoms with Crippen LogP contribution >= 0.6 is 12.2 Å². The lowest BCUT2D eigenvalue weighted by Gasteiger charge is -2.10. The zero-order valence-electron chi connectivity index (χ0n) is 11.6. The summed E-state index contributed by atoms with van der Waals surface area (Å²) in [6, 6.07) is 5.71. The Morgan fingerprint density at radius 1 is 1.52 bits per heavy atom. The number of carbonyl (C=O) groups is 1. The fraction of sp³-hybridized carbons (Fsp3) is 0.143. The molecule has 108 valence electrons. The number of nitrogens with two attached hydrogens (primary N) is 1. The van der Waals surface area contributed by atoms with Crippen molar-refractivity contribution in [2.75, 3.05) is 0 Å². The summed E-state index contributed by atoms with van der Waals surface area (Å²) in [5.74, 6) is 0.0352. The molecule has 0 aliphatic carbocycles. The van der Waals surface area contributed by atoms with Gasteiger partial charge in [0.1, 0.15) is 0 Å². The maximum absolute atomic E-state index is 11.2. The number of aryl methyl sites for hydroxylation is 1. The smallest absolute Gasteiger partial charge is 0.308 e. The van der Waals surface area contributed by atoms with Crippen LogP contribution in [0.3, 0.4) is 0 Å². The van der Waals surface area contributed by atoms with Gasteiger partial charge in [-0.2, -0.15) is 5.10 Å². The summed E-state index contributed by atoms with van der Waals surface area (Å²) in [6.45, 7) is 3.29. The van der Waals surface area contributed by atoms with E-state index in [9.17, 15) is 4.79 Å². The van der Waals surface area contributed by atoms with Gasteiger partial charge in [0.25, 0.3) is 0 Å². The number of ether oxygens (including phenoxy) is 1. The Morgan fingerprint density at radius 2 is 2.29 bits per heavy atom. The summed E-state index contributed by atoms with van der Waals surface area (Å²) in [5.41, 5.74) is 9.37. The van der Waals surface area contributed by atoms with Crippen molar-refractivity contribution in [1.82, 2.24) is 10.4 Å². The van der Waals surface area contributed by atoms with E-state index in [4.69, 9.17) is 10.5 Å². The van der Waals surface area contributed by atoms with Crippen molar-refractivity contribution in [2.45, 2.75) is 13.8 Å².